The lowest BCUT2D eigenvalue weighted by molar-refractivity contribution is -0.142. The van der Waals surface area contributed by atoms with Gasteiger partial charge in [0.2, 0.25) is 0 Å². The lowest BCUT2D eigenvalue weighted by atomic mass is 10.0. The van der Waals surface area contributed by atoms with Crippen molar-refractivity contribution in [2.24, 2.45) is 5.92 Å². The van der Waals surface area contributed by atoms with Crippen LogP contribution in [0.5, 0.6) is 0 Å². The number of rotatable bonds is 7. The minimum atomic E-state index is -0.637. The van der Waals surface area contributed by atoms with E-state index < -0.39 is 5.97 Å². The molecule has 92 valence electrons. The highest BCUT2D eigenvalue weighted by Gasteiger charge is 2.34. The van der Waals surface area contributed by atoms with Gasteiger partial charge in [0.15, 0.2) is 0 Å². The van der Waals surface area contributed by atoms with Crippen LogP contribution in [-0.4, -0.2) is 35.1 Å². The van der Waals surface area contributed by atoms with Gasteiger partial charge in [0.1, 0.15) is 0 Å². The summed E-state index contributed by atoms with van der Waals surface area (Å²) in [6.07, 6.45) is 7.45. The second-order valence-corrected chi connectivity index (χ2v) is 4.65. The Kier molecular flexibility index (Phi) is 5.53. The standard InChI is InChI=1S/C13H23NO2/c1-3-4-5-6-7-9-14-10-8-12(11(14)2)13(15)16/h3,11-12H,1,4-10H2,2H3,(H,15,16). The fourth-order valence-electron chi connectivity index (χ4n) is 2.43. The van der Waals surface area contributed by atoms with E-state index in [-0.39, 0.29) is 12.0 Å². The lowest BCUT2D eigenvalue weighted by Gasteiger charge is -2.22. The molecule has 0 saturated carbocycles. The van der Waals surface area contributed by atoms with E-state index in [0.717, 1.165) is 25.9 Å². The SMILES string of the molecule is C=CCCCCCN1CCC(C(=O)O)C1C. The Hall–Kier alpha value is -0.830. The lowest BCUT2D eigenvalue weighted by Crippen LogP contribution is -2.33. The minimum absolute atomic E-state index is 0.159. The predicted octanol–water partition coefficient (Wildman–Crippen LogP) is 2.53. The number of hydrogen-bond donors (Lipinski definition) is 1. The van der Waals surface area contributed by atoms with Crippen molar-refractivity contribution in [2.45, 2.75) is 45.1 Å². The number of aliphatic carboxylic acids is 1. The van der Waals surface area contributed by atoms with Gasteiger partial charge in [-0.1, -0.05) is 12.5 Å². The van der Waals surface area contributed by atoms with Crippen molar-refractivity contribution < 1.29 is 9.90 Å². The molecule has 16 heavy (non-hydrogen) atoms. The number of allylic oxidation sites excluding steroid dienone is 1. The van der Waals surface area contributed by atoms with Crippen molar-refractivity contribution in [3.8, 4) is 0 Å². The zero-order chi connectivity index (χ0) is 12.0. The summed E-state index contributed by atoms with van der Waals surface area (Å²) in [7, 11) is 0. The Labute approximate surface area is 98.1 Å². The third kappa shape index (κ3) is 3.63. The van der Waals surface area contributed by atoms with E-state index in [1.807, 2.05) is 13.0 Å². The van der Waals surface area contributed by atoms with Crippen LogP contribution in [0.2, 0.25) is 0 Å². The Balaban J connectivity index is 2.19. The summed E-state index contributed by atoms with van der Waals surface area (Å²) in [4.78, 5) is 13.2. The van der Waals surface area contributed by atoms with Crippen LogP contribution in [0.15, 0.2) is 12.7 Å². The van der Waals surface area contributed by atoms with Crippen molar-refractivity contribution in [1.29, 1.82) is 0 Å². The molecule has 0 aromatic heterocycles. The average Bonchev–Trinajstić information content (AvgIpc) is 2.60. The first-order valence-corrected chi connectivity index (χ1v) is 6.24. The highest BCUT2D eigenvalue weighted by Crippen LogP contribution is 2.24. The highest BCUT2D eigenvalue weighted by molar-refractivity contribution is 5.71. The van der Waals surface area contributed by atoms with E-state index in [1.54, 1.807) is 0 Å². The smallest absolute Gasteiger partial charge is 0.308 e. The molecule has 0 aliphatic carbocycles. The second kappa shape index (κ2) is 6.69. The molecule has 0 amide bonds. The number of carbonyl (C=O) groups is 1. The minimum Gasteiger partial charge on any atom is -0.481 e. The number of likely N-dealkylation sites (tertiary alicyclic amines) is 1. The van der Waals surface area contributed by atoms with Crippen LogP contribution in [0.1, 0.15) is 39.0 Å². The van der Waals surface area contributed by atoms with Crippen LogP contribution in [0, 0.1) is 5.92 Å². The Morgan fingerprint density at radius 3 is 2.81 bits per heavy atom. The maximum atomic E-state index is 10.9. The summed E-state index contributed by atoms with van der Waals surface area (Å²) in [5.41, 5.74) is 0. The van der Waals surface area contributed by atoms with Gasteiger partial charge < -0.3 is 5.11 Å². The van der Waals surface area contributed by atoms with Gasteiger partial charge in [-0.15, -0.1) is 6.58 Å². The van der Waals surface area contributed by atoms with Crippen LogP contribution in [0.4, 0.5) is 0 Å². The molecule has 0 bridgehead atoms. The molecule has 1 aliphatic rings. The normalized spacial score (nSPS) is 25.8. The maximum Gasteiger partial charge on any atom is 0.308 e. The fourth-order valence-corrected chi connectivity index (χ4v) is 2.43. The van der Waals surface area contributed by atoms with E-state index in [1.165, 1.54) is 19.3 Å². The third-order valence-electron chi connectivity index (χ3n) is 3.56. The molecule has 0 aromatic rings. The predicted molar refractivity (Wildman–Crippen MR) is 65.4 cm³/mol. The third-order valence-corrected chi connectivity index (χ3v) is 3.56. The molecule has 3 heteroatoms. The largest absolute Gasteiger partial charge is 0.481 e. The molecular formula is C13H23NO2. The van der Waals surface area contributed by atoms with Crippen molar-refractivity contribution in [1.82, 2.24) is 4.90 Å². The zero-order valence-corrected chi connectivity index (χ0v) is 10.2. The van der Waals surface area contributed by atoms with E-state index in [2.05, 4.69) is 11.5 Å². The number of nitrogens with zero attached hydrogens (tertiary/aromatic N) is 1. The first kappa shape index (κ1) is 13.2. The molecule has 2 atom stereocenters. The Morgan fingerprint density at radius 1 is 1.50 bits per heavy atom. The molecule has 1 heterocycles. The first-order valence-electron chi connectivity index (χ1n) is 6.24. The first-order chi connectivity index (χ1) is 7.66. The molecular weight excluding hydrogens is 202 g/mol. The van der Waals surface area contributed by atoms with E-state index in [4.69, 9.17) is 5.11 Å². The van der Waals surface area contributed by atoms with Crippen LogP contribution in [0.25, 0.3) is 0 Å². The topological polar surface area (TPSA) is 40.5 Å². The zero-order valence-electron chi connectivity index (χ0n) is 10.2. The van der Waals surface area contributed by atoms with Crippen LogP contribution in [-0.2, 0) is 4.79 Å². The molecule has 0 radical (unpaired) electrons. The Morgan fingerprint density at radius 2 is 2.25 bits per heavy atom. The molecule has 1 N–H and O–H groups in total. The second-order valence-electron chi connectivity index (χ2n) is 4.65. The van der Waals surface area contributed by atoms with Gasteiger partial charge in [0, 0.05) is 6.04 Å². The average molecular weight is 225 g/mol. The fraction of sp³-hybridized carbons (Fsp3) is 0.769. The highest BCUT2D eigenvalue weighted by atomic mass is 16.4. The van der Waals surface area contributed by atoms with Crippen LogP contribution in [0.3, 0.4) is 0 Å². The number of unbranched alkanes of at least 4 members (excludes halogenated alkanes) is 3. The number of carboxylic acids is 1. The quantitative estimate of drug-likeness (QED) is 0.534. The molecule has 1 saturated heterocycles. The van der Waals surface area contributed by atoms with Crippen molar-refractivity contribution in [3.63, 3.8) is 0 Å². The molecule has 3 nitrogen and oxygen atoms in total. The Bertz CT molecular complexity index is 240. The summed E-state index contributed by atoms with van der Waals surface area (Å²) < 4.78 is 0. The summed E-state index contributed by atoms with van der Waals surface area (Å²) in [5.74, 6) is -0.796. The molecule has 2 unspecified atom stereocenters. The number of hydrogen-bond acceptors (Lipinski definition) is 2. The molecule has 1 rings (SSSR count). The molecule has 1 aliphatic heterocycles. The van der Waals surface area contributed by atoms with E-state index >= 15 is 0 Å². The van der Waals surface area contributed by atoms with Gasteiger partial charge in [-0.25, -0.2) is 0 Å². The van der Waals surface area contributed by atoms with E-state index in [9.17, 15) is 4.79 Å². The maximum absolute atomic E-state index is 10.9. The van der Waals surface area contributed by atoms with Gasteiger partial charge in [0.25, 0.3) is 0 Å². The van der Waals surface area contributed by atoms with E-state index in [0.29, 0.717) is 0 Å². The van der Waals surface area contributed by atoms with Crippen molar-refractivity contribution >= 4 is 5.97 Å². The number of carboxylic acid groups (broad SMARTS) is 1. The molecule has 0 spiro atoms. The summed E-state index contributed by atoms with van der Waals surface area (Å²) >= 11 is 0. The van der Waals surface area contributed by atoms with Crippen LogP contribution >= 0.6 is 0 Å². The van der Waals surface area contributed by atoms with Crippen molar-refractivity contribution in [2.75, 3.05) is 13.1 Å². The van der Waals surface area contributed by atoms with Gasteiger partial charge in [-0.3, -0.25) is 9.69 Å². The van der Waals surface area contributed by atoms with Gasteiger partial charge in [-0.2, -0.15) is 0 Å². The summed E-state index contributed by atoms with van der Waals surface area (Å²) in [6, 6.07) is 0.205. The monoisotopic (exact) mass is 225 g/mol. The summed E-state index contributed by atoms with van der Waals surface area (Å²) in [5, 5.41) is 9.01. The molecule has 1 fully saturated rings. The van der Waals surface area contributed by atoms with Gasteiger partial charge in [0.05, 0.1) is 5.92 Å². The van der Waals surface area contributed by atoms with Crippen molar-refractivity contribution in [3.05, 3.63) is 12.7 Å². The summed E-state index contributed by atoms with van der Waals surface area (Å²) in [6.45, 7) is 7.73. The van der Waals surface area contributed by atoms with Crippen LogP contribution < -0.4 is 0 Å². The van der Waals surface area contributed by atoms with Gasteiger partial charge in [-0.05, 0) is 45.7 Å². The van der Waals surface area contributed by atoms with Gasteiger partial charge >= 0.3 is 5.97 Å². The molecule has 0 aromatic carbocycles.